The Morgan fingerprint density at radius 1 is 1.33 bits per heavy atom. The molecule has 0 spiro atoms. The highest BCUT2D eigenvalue weighted by Crippen LogP contribution is 2.28. The van der Waals surface area contributed by atoms with Gasteiger partial charge in [-0.1, -0.05) is 19.1 Å². The Kier molecular flexibility index (Phi) is 5.34. The van der Waals surface area contributed by atoms with Crippen LogP contribution >= 0.6 is 12.4 Å². The minimum Gasteiger partial charge on any atom is -0.382 e. The van der Waals surface area contributed by atoms with Gasteiger partial charge in [-0.25, -0.2) is 0 Å². The van der Waals surface area contributed by atoms with Crippen LogP contribution in [0.3, 0.4) is 0 Å². The second-order valence-corrected chi connectivity index (χ2v) is 5.95. The highest BCUT2D eigenvalue weighted by Gasteiger charge is 2.24. The SMILES string of the molecule is CC1CCCN(C(=O)CN2CCNc3ccccc32)C1.Cl. The summed E-state index contributed by atoms with van der Waals surface area (Å²) in [7, 11) is 0. The summed E-state index contributed by atoms with van der Waals surface area (Å²) >= 11 is 0. The van der Waals surface area contributed by atoms with Crippen molar-refractivity contribution >= 4 is 29.7 Å². The smallest absolute Gasteiger partial charge is 0.242 e. The van der Waals surface area contributed by atoms with E-state index in [0.29, 0.717) is 12.5 Å². The van der Waals surface area contributed by atoms with Gasteiger partial charge in [-0.3, -0.25) is 4.79 Å². The predicted octanol–water partition coefficient (Wildman–Crippen LogP) is 2.60. The molecule has 2 aliphatic rings. The number of carbonyl (C=O) groups is 1. The van der Waals surface area contributed by atoms with Gasteiger partial charge in [0.05, 0.1) is 17.9 Å². The lowest BCUT2D eigenvalue weighted by Gasteiger charge is -2.35. The quantitative estimate of drug-likeness (QED) is 0.912. The highest BCUT2D eigenvalue weighted by molar-refractivity contribution is 5.85. The molecule has 2 heterocycles. The first kappa shape index (κ1) is 16.0. The molecular formula is C16H24ClN3O. The molecule has 1 unspecified atom stereocenters. The summed E-state index contributed by atoms with van der Waals surface area (Å²) in [5.74, 6) is 0.913. The first-order valence-corrected chi connectivity index (χ1v) is 7.59. The number of piperidine rings is 1. The Labute approximate surface area is 132 Å². The molecule has 1 atom stereocenters. The van der Waals surface area contributed by atoms with Crippen molar-refractivity contribution in [2.24, 2.45) is 5.92 Å². The third kappa shape index (κ3) is 3.62. The molecule has 0 saturated carbocycles. The molecule has 3 rings (SSSR count). The number of hydrogen-bond donors (Lipinski definition) is 1. The number of hydrogen-bond acceptors (Lipinski definition) is 3. The van der Waals surface area contributed by atoms with Gasteiger partial charge < -0.3 is 15.1 Å². The maximum atomic E-state index is 12.5. The van der Waals surface area contributed by atoms with Crippen LogP contribution in [0.4, 0.5) is 11.4 Å². The van der Waals surface area contributed by atoms with E-state index in [0.717, 1.165) is 44.0 Å². The van der Waals surface area contributed by atoms with Gasteiger partial charge in [0.1, 0.15) is 0 Å². The standard InChI is InChI=1S/C16H23N3O.ClH/c1-13-5-4-9-19(11-13)16(20)12-18-10-8-17-14-6-2-3-7-15(14)18;/h2-3,6-7,13,17H,4-5,8-12H2,1H3;1H. The number of halogens is 1. The van der Waals surface area contributed by atoms with Gasteiger partial charge in [0.15, 0.2) is 0 Å². The molecule has 1 fully saturated rings. The van der Waals surface area contributed by atoms with Crippen LogP contribution in [-0.4, -0.2) is 43.5 Å². The molecule has 1 aromatic carbocycles. The van der Waals surface area contributed by atoms with Crippen molar-refractivity contribution < 1.29 is 4.79 Å². The zero-order valence-corrected chi connectivity index (χ0v) is 13.4. The van der Waals surface area contributed by atoms with Gasteiger partial charge >= 0.3 is 0 Å². The molecule has 116 valence electrons. The van der Waals surface area contributed by atoms with Gasteiger partial charge in [0.25, 0.3) is 0 Å². The number of nitrogens with zero attached hydrogens (tertiary/aromatic N) is 2. The van der Waals surface area contributed by atoms with Crippen LogP contribution in [0.1, 0.15) is 19.8 Å². The Morgan fingerprint density at radius 3 is 2.95 bits per heavy atom. The molecule has 0 bridgehead atoms. The molecule has 4 nitrogen and oxygen atoms in total. The normalized spacial score (nSPS) is 21.1. The number of carbonyl (C=O) groups excluding carboxylic acids is 1. The Balaban J connectivity index is 0.00000161. The number of amides is 1. The van der Waals surface area contributed by atoms with Crippen LogP contribution in [0, 0.1) is 5.92 Å². The summed E-state index contributed by atoms with van der Waals surface area (Å²) in [6.45, 7) is 6.39. The maximum absolute atomic E-state index is 12.5. The van der Waals surface area contributed by atoms with E-state index in [2.05, 4.69) is 29.3 Å². The van der Waals surface area contributed by atoms with E-state index in [9.17, 15) is 4.79 Å². The van der Waals surface area contributed by atoms with Crippen molar-refractivity contribution in [3.63, 3.8) is 0 Å². The van der Waals surface area contributed by atoms with Crippen LogP contribution in [-0.2, 0) is 4.79 Å². The van der Waals surface area contributed by atoms with Gasteiger partial charge in [-0.15, -0.1) is 12.4 Å². The lowest BCUT2D eigenvalue weighted by atomic mass is 10.0. The third-order valence-corrected chi connectivity index (χ3v) is 4.28. The van der Waals surface area contributed by atoms with Crippen molar-refractivity contribution in [1.82, 2.24) is 4.90 Å². The van der Waals surface area contributed by atoms with E-state index in [1.54, 1.807) is 0 Å². The van der Waals surface area contributed by atoms with Gasteiger partial charge in [0.2, 0.25) is 5.91 Å². The van der Waals surface area contributed by atoms with E-state index in [1.165, 1.54) is 6.42 Å². The zero-order valence-electron chi connectivity index (χ0n) is 12.5. The number of anilines is 2. The zero-order chi connectivity index (χ0) is 13.9. The average Bonchev–Trinajstić information content (AvgIpc) is 2.47. The molecule has 1 N–H and O–H groups in total. The molecule has 0 aromatic heterocycles. The molecule has 5 heteroatoms. The average molecular weight is 310 g/mol. The number of benzene rings is 1. The second-order valence-electron chi connectivity index (χ2n) is 5.95. The molecule has 2 aliphatic heterocycles. The minimum atomic E-state index is 0. The number of fused-ring (bicyclic) bond motifs is 1. The van der Waals surface area contributed by atoms with Gasteiger partial charge in [0, 0.05) is 26.2 Å². The highest BCUT2D eigenvalue weighted by atomic mass is 35.5. The van der Waals surface area contributed by atoms with Crippen molar-refractivity contribution in [3.8, 4) is 0 Å². The number of rotatable bonds is 2. The Morgan fingerprint density at radius 2 is 2.14 bits per heavy atom. The third-order valence-electron chi connectivity index (χ3n) is 4.28. The molecule has 1 amide bonds. The van der Waals surface area contributed by atoms with E-state index in [-0.39, 0.29) is 18.3 Å². The Bertz CT molecular complexity index is 494. The lowest BCUT2D eigenvalue weighted by molar-refractivity contribution is -0.131. The molecule has 0 aliphatic carbocycles. The van der Waals surface area contributed by atoms with E-state index in [1.807, 2.05) is 17.0 Å². The van der Waals surface area contributed by atoms with Crippen LogP contribution < -0.4 is 10.2 Å². The summed E-state index contributed by atoms with van der Waals surface area (Å²) in [4.78, 5) is 16.7. The number of para-hydroxylation sites is 2. The van der Waals surface area contributed by atoms with Crippen LogP contribution in [0.25, 0.3) is 0 Å². The number of nitrogens with one attached hydrogen (secondary N) is 1. The number of likely N-dealkylation sites (tertiary alicyclic amines) is 1. The molecule has 21 heavy (non-hydrogen) atoms. The summed E-state index contributed by atoms with van der Waals surface area (Å²) in [6, 6.07) is 8.23. The van der Waals surface area contributed by atoms with Crippen LogP contribution in [0.15, 0.2) is 24.3 Å². The second kappa shape index (κ2) is 7.03. The summed E-state index contributed by atoms with van der Waals surface area (Å²) < 4.78 is 0. The predicted molar refractivity (Wildman–Crippen MR) is 89.4 cm³/mol. The summed E-state index contributed by atoms with van der Waals surface area (Å²) in [5.41, 5.74) is 2.29. The molecule has 1 aromatic rings. The van der Waals surface area contributed by atoms with Crippen LogP contribution in [0.2, 0.25) is 0 Å². The van der Waals surface area contributed by atoms with Crippen molar-refractivity contribution in [3.05, 3.63) is 24.3 Å². The fourth-order valence-electron chi connectivity index (χ4n) is 3.19. The maximum Gasteiger partial charge on any atom is 0.242 e. The van der Waals surface area contributed by atoms with Crippen molar-refractivity contribution in [2.75, 3.05) is 42.9 Å². The minimum absolute atomic E-state index is 0. The van der Waals surface area contributed by atoms with Crippen molar-refractivity contribution in [1.29, 1.82) is 0 Å². The molecule has 1 saturated heterocycles. The lowest BCUT2D eigenvalue weighted by Crippen LogP contribution is -2.46. The monoisotopic (exact) mass is 309 g/mol. The van der Waals surface area contributed by atoms with Crippen molar-refractivity contribution in [2.45, 2.75) is 19.8 Å². The van der Waals surface area contributed by atoms with E-state index >= 15 is 0 Å². The van der Waals surface area contributed by atoms with Crippen LogP contribution in [0.5, 0.6) is 0 Å². The first-order chi connectivity index (χ1) is 9.74. The largest absolute Gasteiger partial charge is 0.382 e. The Hall–Kier alpha value is -1.42. The fourth-order valence-corrected chi connectivity index (χ4v) is 3.19. The topological polar surface area (TPSA) is 35.6 Å². The van der Waals surface area contributed by atoms with Gasteiger partial charge in [-0.05, 0) is 30.9 Å². The summed E-state index contributed by atoms with van der Waals surface area (Å²) in [6.07, 6.45) is 2.39. The molecule has 0 radical (unpaired) electrons. The van der Waals surface area contributed by atoms with E-state index in [4.69, 9.17) is 0 Å². The fraction of sp³-hybridized carbons (Fsp3) is 0.562. The first-order valence-electron chi connectivity index (χ1n) is 7.59. The molecular weight excluding hydrogens is 286 g/mol. The van der Waals surface area contributed by atoms with Gasteiger partial charge in [-0.2, -0.15) is 0 Å². The summed E-state index contributed by atoms with van der Waals surface area (Å²) in [5, 5.41) is 3.39. The van der Waals surface area contributed by atoms with E-state index < -0.39 is 0 Å².